The van der Waals surface area contributed by atoms with E-state index in [9.17, 15) is 18.9 Å². The van der Waals surface area contributed by atoms with E-state index in [1.807, 2.05) is 6.92 Å². The van der Waals surface area contributed by atoms with E-state index in [1.165, 1.54) is 12.3 Å². The zero-order valence-corrected chi connectivity index (χ0v) is 16.8. The average molecular weight is 437 g/mol. The molecule has 3 aromatic rings. The molecule has 0 N–H and O–H groups in total. The van der Waals surface area contributed by atoms with Crippen LogP contribution in [0.5, 0.6) is 6.01 Å². The molecular weight excluding hydrogens is 420 g/mol. The van der Waals surface area contributed by atoms with Crippen LogP contribution in [0.3, 0.4) is 0 Å². The van der Waals surface area contributed by atoms with E-state index in [2.05, 4.69) is 14.9 Å². The molecule has 0 amide bonds. The second-order valence-corrected chi connectivity index (χ2v) is 7.48. The minimum atomic E-state index is -0.725. The Kier molecular flexibility index (Phi) is 4.77. The van der Waals surface area contributed by atoms with Crippen LogP contribution in [0.2, 0.25) is 0 Å². The largest absolute Gasteiger partial charge is 0.439 e. The molecule has 2 aliphatic rings. The molecule has 9 nitrogen and oxygen atoms in total. The molecule has 0 spiro atoms. The molecule has 0 unspecified atom stereocenters. The molecule has 2 aromatic heterocycles. The van der Waals surface area contributed by atoms with E-state index in [4.69, 9.17) is 9.15 Å². The van der Waals surface area contributed by atoms with Crippen molar-refractivity contribution in [1.82, 2.24) is 19.4 Å². The number of hydrogen-bond acceptors (Lipinski definition) is 7. The van der Waals surface area contributed by atoms with E-state index in [1.54, 1.807) is 4.57 Å². The van der Waals surface area contributed by atoms with Crippen LogP contribution in [0.1, 0.15) is 18.4 Å². The molecular formula is C18H17F2N5O4S. The summed E-state index contributed by atoms with van der Waals surface area (Å²) in [6.07, 6.45) is 1.36. The average Bonchev–Trinajstić information content (AvgIpc) is 3.33. The van der Waals surface area contributed by atoms with Crippen molar-refractivity contribution in [3.8, 4) is 17.5 Å². The summed E-state index contributed by atoms with van der Waals surface area (Å²) in [5.41, 5.74) is 0.205. The van der Waals surface area contributed by atoms with Gasteiger partial charge in [0, 0.05) is 24.1 Å². The van der Waals surface area contributed by atoms with Crippen molar-refractivity contribution in [2.75, 3.05) is 6.54 Å². The maximum atomic E-state index is 14.0. The number of nitrogens with zero attached hydrogens (tertiary/aromatic N) is 5. The monoisotopic (exact) mass is 437 g/mol. The first-order valence-corrected chi connectivity index (χ1v) is 8.87. The lowest BCUT2D eigenvalue weighted by Crippen LogP contribution is -2.43. The highest BCUT2D eigenvalue weighted by Crippen LogP contribution is 2.35. The number of ether oxygens (including phenoxy) is 1. The Morgan fingerprint density at radius 3 is 2.77 bits per heavy atom. The number of rotatable bonds is 4. The Morgan fingerprint density at radius 2 is 2.10 bits per heavy atom. The number of benzene rings is 1. The summed E-state index contributed by atoms with van der Waals surface area (Å²) in [6, 6.07) is 3.48. The summed E-state index contributed by atoms with van der Waals surface area (Å²) in [5, 5.41) is 10.8. The lowest BCUT2D eigenvalue weighted by atomic mass is 10.1. The summed E-state index contributed by atoms with van der Waals surface area (Å²) in [4.78, 5) is 20.6. The van der Waals surface area contributed by atoms with Crippen molar-refractivity contribution in [3.05, 3.63) is 57.6 Å². The Balaban J connectivity index is 0.00000218. The Labute approximate surface area is 175 Å². The number of halogens is 2. The van der Waals surface area contributed by atoms with Gasteiger partial charge in [0.05, 0.1) is 24.3 Å². The van der Waals surface area contributed by atoms with Gasteiger partial charge in [0.2, 0.25) is 5.89 Å². The van der Waals surface area contributed by atoms with Gasteiger partial charge in [-0.05, 0) is 24.0 Å². The molecule has 158 valence electrons. The lowest BCUT2D eigenvalue weighted by Gasteiger charge is -2.27. The molecule has 0 saturated heterocycles. The smallest absolute Gasteiger partial charge is 0.415 e. The van der Waals surface area contributed by atoms with Crippen LogP contribution in [0.15, 0.2) is 28.8 Å². The normalized spacial score (nSPS) is 19.8. The van der Waals surface area contributed by atoms with Crippen molar-refractivity contribution in [2.45, 2.75) is 32.2 Å². The van der Waals surface area contributed by atoms with Crippen molar-refractivity contribution in [2.24, 2.45) is 0 Å². The molecule has 0 aliphatic carbocycles. The predicted octanol–water partition coefficient (Wildman–Crippen LogP) is 3.00. The molecule has 30 heavy (non-hydrogen) atoms. The Morgan fingerprint density at radius 1 is 1.30 bits per heavy atom. The van der Waals surface area contributed by atoms with Crippen LogP contribution in [0.25, 0.3) is 11.5 Å². The van der Waals surface area contributed by atoms with Gasteiger partial charge in [0.15, 0.2) is 0 Å². The minimum Gasteiger partial charge on any atom is -0.439 e. The first-order valence-electron chi connectivity index (χ1n) is 8.87. The van der Waals surface area contributed by atoms with Crippen LogP contribution < -0.4 is 4.74 Å². The fourth-order valence-electron chi connectivity index (χ4n) is 3.83. The van der Waals surface area contributed by atoms with E-state index >= 15 is 0 Å². The molecule has 0 fully saturated rings. The first-order chi connectivity index (χ1) is 13.8. The fraction of sp³-hybridized carbons (Fsp3) is 0.333. The van der Waals surface area contributed by atoms with Gasteiger partial charge >= 0.3 is 11.8 Å². The molecule has 5 rings (SSSR count). The highest BCUT2D eigenvalue weighted by molar-refractivity contribution is 7.59. The van der Waals surface area contributed by atoms with E-state index in [0.29, 0.717) is 37.6 Å². The van der Waals surface area contributed by atoms with Gasteiger partial charge in [0.1, 0.15) is 29.2 Å². The Hall–Kier alpha value is -2.99. The SMILES string of the molecule is C[C@]1(CN2Cc3nc(-c4ccc(F)cc4F)oc3C2)Cn2cc([N+](=O)[O-])nc2O1.S. The van der Waals surface area contributed by atoms with Gasteiger partial charge in [-0.3, -0.25) is 9.47 Å². The number of hydrogen-bond donors (Lipinski definition) is 0. The highest BCUT2D eigenvalue weighted by Gasteiger charge is 2.42. The maximum Gasteiger partial charge on any atom is 0.415 e. The molecule has 1 atom stereocenters. The molecule has 0 bridgehead atoms. The molecule has 4 heterocycles. The van der Waals surface area contributed by atoms with E-state index in [0.717, 1.165) is 12.1 Å². The van der Waals surface area contributed by atoms with E-state index in [-0.39, 0.29) is 36.8 Å². The summed E-state index contributed by atoms with van der Waals surface area (Å²) in [7, 11) is 0. The van der Waals surface area contributed by atoms with Crippen LogP contribution in [0.4, 0.5) is 14.6 Å². The van der Waals surface area contributed by atoms with Gasteiger partial charge in [-0.25, -0.2) is 13.8 Å². The predicted molar refractivity (Wildman–Crippen MR) is 104 cm³/mol. The number of nitro groups is 1. The van der Waals surface area contributed by atoms with Crippen LogP contribution in [-0.4, -0.2) is 36.5 Å². The zero-order valence-electron chi connectivity index (χ0n) is 15.8. The summed E-state index contributed by atoms with van der Waals surface area (Å²) in [6.45, 7) is 3.81. The van der Waals surface area contributed by atoms with Crippen molar-refractivity contribution in [3.63, 3.8) is 0 Å². The highest BCUT2D eigenvalue weighted by atomic mass is 32.1. The zero-order chi connectivity index (χ0) is 20.3. The van der Waals surface area contributed by atoms with Gasteiger partial charge < -0.3 is 19.3 Å². The third-order valence-electron chi connectivity index (χ3n) is 5.00. The van der Waals surface area contributed by atoms with Crippen molar-refractivity contribution >= 4 is 19.3 Å². The van der Waals surface area contributed by atoms with Gasteiger partial charge in [-0.15, -0.1) is 0 Å². The fourth-order valence-corrected chi connectivity index (χ4v) is 3.83. The maximum absolute atomic E-state index is 14.0. The Bertz CT molecular complexity index is 1100. The molecule has 0 radical (unpaired) electrons. The summed E-state index contributed by atoms with van der Waals surface area (Å²) in [5.74, 6) is -0.877. The molecule has 12 heteroatoms. The van der Waals surface area contributed by atoms with Crippen molar-refractivity contribution in [1.29, 1.82) is 0 Å². The first kappa shape index (κ1) is 20.3. The topological polar surface area (TPSA) is 99.5 Å². The number of oxazole rings is 1. The van der Waals surface area contributed by atoms with Gasteiger partial charge in [-0.2, -0.15) is 13.5 Å². The third-order valence-corrected chi connectivity index (χ3v) is 5.00. The number of aromatic nitrogens is 3. The molecule has 0 saturated carbocycles. The van der Waals surface area contributed by atoms with E-state index < -0.39 is 22.2 Å². The molecule has 2 aliphatic heterocycles. The van der Waals surface area contributed by atoms with Gasteiger partial charge in [-0.1, -0.05) is 0 Å². The number of fused-ring (bicyclic) bond motifs is 2. The minimum absolute atomic E-state index is 0. The second kappa shape index (κ2) is 7.06. The van der Waals surface area contributed by atoms with Crippen molar-refractivity contribution < 1.29 is 22.9 Å². The third kappa shape index (κ3) is 3.41. The summed E-state index contributed by atoms with van der Waals surface area (Å²) < 4.78 is 40.2. The summed E-state index contributed by atoms with van der Waals surface area (Å²) >= 11 is 0. The van der Waals surface area contributed by atoms with Crippen LogP contribution in [-0.2, 0) is 19.6 Å². The second-order valence-electron chi connectivity index (χ2n) is 7.48. The standard InChI is InChI=1S/C18H15F2N5O4.H2S/c1-18(9-24-7-15(25(26)27)22-17(24)29-18)8-23-5-13-14(6-23)28-16(21-13)11-3-2-10(19)4-12(11)20;/h2-4,7H,5-6,8-9H2,1H3;1H2/t18-;/m0./s1. The quantitative estimate of drug-likeness (QED) is 0.457. The van der Waals surface area contributed by atoms with Gasteiger partial charge in [0.25, 0.3) is 0 Å². The van der Waals surface area contributed by atoms with Crippen LogP contribution >= 0.6 is 13.5 Å². The molecule has 1 aromatic carbocycles. The lowest BCUT2D eigenvalue weighted by molar-refractivity contribution is -0.389. The number of imidazole rings is 1. The van der Waals surface area contributed by atoms with Crippen LogP contribution in [0, 0.1) is 21.7 Å².